The van der Waals surface area contributed by atoms with Crippen molar-refractivity contribution in [2.45, 2.75) is 13.2 Å². The van der Waals surface area contributed by atoms with E-state index in [2.05, 4.69) is 5.32 Å². The molecule has 0 aliphatic heterocycles. The van der Waals surface area contributed by atoms with Gasteiger partial charge in [0.25, 0.3) is 0 Å². The van der Waals surface area contributed by atoms with Crippen LogP contribution in [-0.2, 0) is 13.2 Å². The molecule has 0 radical (unpaired) electrons. The van der Waals surface area contributed by atoms with E-state index in [4.69, 9.17) is 16.7 Å². The fraction of sp³-hybridized carbons (Fsp3) is 0.333. The van der Waals surface area contributed by atoms with Crippen molar-refractivity contribution < 1.29 is 5.11 Å². The van der Waals surface area contributed by atoms with Crippen LogP contribution in [0, 0.1) is 0 Å². The SMILES string of the molecule is CNCc1ccc(CO)cc1Cl. The average Bonchev–Trinajstić information content (AvgIpc) is 2.09. The van der Waals surface area contributed by atoms with E-state index < -0.39 is 0 Å². The average molecular weight is 186 g/mol. The summed E-state index contributed by atoms with van der Waals surface area (Å²) in [4.78, 5) is 0. The van der Waals surface area contributed by atoms with Gasteiger partial charge in [0.2, 0.25) is 0 Å². The molecule has 0 heterocycles. The molecule has 2 N–H and O–H groups in total. The van der Waals surface area contributed by atoms with Crippen LogP contribution < -0.4 is 5.32 Å². The van der Waals surface area contributed by atoms with E-state index >= 15 is 0 Å². The topological polar surface area (TPSA) is 32.3 Å². The van der Waals surface area contributed by atoms with Gasteiger partial charge in [-0.15, -0.1) is 0 Å². The molecule has 0 aliphatic rings. The molecular weight excluding hydrogens is 174 g/mol. The van der Waals surface area contributed by atoms with Gasteiger partial charge in [-0.05, 0) is 24.2 Å². The summed E-state index contributed by atoms with van der Waals surface area (Å²) in [6.45, 7) is 0.796. The molecule has 0 saturated carbocycles. The largest absolute Gasteiger partial charge is 0.392 e. The molecule has 0 amide bonds. The van der Waals surface area contributed by atoms with E-state index in [1.165, 1.54) is 0 Å². The summed E-state index contributed by atoms with van der Waals surface area (Å²) < 4.78 is 0. The number of halogens is 1. The molecular formula is C9H12ClNO. The van der Waals surface area contributed by atoms with Crippen molar-refractivity contribution in [2.24, 2.45) is 0 Å². The van der Waals surface area contributed by atoms with Crippen molar-refractivity contribution >= 4 is 11.6 Å². The second kappa shape index (κ2) is 4.45. The van der Waals surface area contributed by atoms with Gasteiger partial charge in [-0.2, -0.15) is 0 Å². The van der Waals surface area contributed by atoms with Crippen LogP contribution in [0.1, 0.15) is 11.1 Å². The predicted molar refractivity (Wildman–Crippen MR) is 50.1 cm³/mol. The third-order valence-electron chi connectivity index (χ3n) is 1.67. The van der Waals surface area contributed by atoms with E-state index in [0.717, 1.165) is 17.7 Å². The minimum absolute atomic E-state index is 0.0412. The van der Waals surface area contributed by atoms with Gasteiger partial charge >= 0.3 is 0 Å². The normalized spacial score (nSPS) is 10.2. The maximum Gasteiger partial charge on any atom is 0.0682 e. The standard InChI is InChI=1S/C9H12ClNO/c1-11-5-8-3-2-7(6-12)4-9(8)10/h2-4,11-12H,5-6H2,1H3. The Balaban J connectivity index is 2.87. The Kier molecular flexibility index (Phi) is 3.53. The Morgan fingerprint density at radius 2 is 2.25 bits per heavy atom. The van der Waals surface area contributed by atoms with E-state index in [1.807, 2.05) is 19.2 Å². The van der Waals surface area contributed by atoms with Gasteiger partial charge in [0.05, 0.1) is 6.61 Å². The number of benzene rings is 1. The monoisotopic (exact) mass is 185 g/mol. The van der Waals surface area contributed by atoms with Crippen molar-refractivity contribution in [2.75, 3.05) is 7.05 Å². The molecule has 0 aromatic heterocycles. The zero-order valence-corrected chi connectivity index (χ0v) is 7.73. The minimum atomic E-state index is 0.0412. The van der Waals surface area contributed by atoms with Crippen molar-refractivity contribution in [1.82, 2.24) is 5.32 Å². The zero-order valence-electron chi connectivity index (χ0n) is 6.97. The molecule has 0 bridgehead atoms. The molecule has 2 nitrogen and oxygen atoms in total. The molecule has 0 aliphatic carbocycles. The number of rotatable bonds is 3. The smallest absolute Gasteiger partial charge is 0.0682 e. The van der Waals surface area contributed by atoms with Gasteiger partial charge in [0.1, 0.15) is 0 Å². The molecule has 3 heteroatoms. The van der Waals surface area contributed by atoms with Crippen LogP contribution in [0.3, 0.4) is 0 Å². The lowest BCUT2D eigenvalue weighted by Crippen LogP contribution is -2.05. The van der Waals surface area contributed by atoms with Crippen LogP contribution in [0.2, 0.25) is 5.02 Å². The number of nitrogens with one attached hydrogen (secondary N) is 1. The highest BCUT2D eigenvalue weighted by atomic mass is 35.5. The summed E-state index contributed by atoms with van der Waals surface area (Å²) >= 11 is 5.94. The molecule has 0 unspecified atom stereocenters. The number of aliphatic hydroxyl groups excluding tert-OH is 1. The zero-order chi connectivity index (χ0) is 8.97. The molecule has 1 rings (SSSR count). The highest BCUT2D eigenvalue weighted by Crippen LogP contribution is 2.17. The predicted octanol–water partition coefficient (Wildman–Crippen LogP) is 1.55. The second-order valence-electron chi connectivity index (χ2n) is 2.61. The Labute approximate surface area is 77.2 Å². The van der Waals surface area contributed by atoms with Gasteiger partial charge in [-0.3, -0.25) is 0 Å². The minimum Gasteiger partial charge on any atom is -0.392 e. The lowest BCUT2D eigenvalue weighted by atomic mass is 10.1. The second-order valence-corrected chi connectivity index (χ2v) is 3.02. The van der Waals surface area contributed by atoms with Gasteiger partial charge < -0.3 is 10.4 Å². The highest BCUT2D eigenvalue weighted by molar-refractivity contribution is 6.31. The van der Waals surface area contributed by atoms with Crippen LogP contribution in [-0.4, -0.2) is 12.2 Å². The van der Waals surface area contributed by atoms with Gasteiger partial charge in [0.15, 0.2) is 0 Å². The van der Waals surface area contributed by atoms with Crippen LogP contribution in [0.5, 0.6) is 0 Å². The van der Waals surface area contributed by atoms with E-state index in [0.29, 0.717) is 5.02 Å². The van der Waals surface area contributed by atoms with Crippen LogP contribution in [0.4, 0.5) is 0 Å². The molecule has 0 spiro atoms. The van der Waals surface area contributed by atoms with Crippen molar-refractivity contribution in [3.8, 4) is 0 Å². The lowest BCUT2D eigenvalue weighted by Gasteiger charge is -2.04. The first-order valence-electron chi connectivity index (χ1n) is 3.80. The van der Waals surface area contributed by atoms with Crippen molar-refractivity contribution in [3.05, 3.63) is 34.3 Å². The molecule has 0 saturated heterocycles. The molecule has 0 atom stereocenters. The van der Waals surface area contributed by atoms with Crippen LogP contribution in [0.25, 0.3) is 0 Å². The number of hydrogen-bond acceptors (Lipinski definition) is 2. The summed E-state index contributed by atoms with van der Waals surface area (Å²) in [5.41, 5.74) is 1.90. The Bertz CT molecular complexity index is 263. The van der Waals surface area contributed by atoms with Gasteiger partial charge in [-0.25, -0.2) is 0 Å². The molecule has 12 heavy (non-hydrogen) atoms. The third kappa shape index (κ3) is 2.21. The maximum absolute atomic E-state index is 8.81. The van der Waals surface area contributed by atoms with Crippen molar-refractivity contribution in [1.29, 1.82) is 0 Å². The summed E-state index contributed by atoms with van der Waals surface area (Å²) in [5.74, 6) is 0. The van der Waals surface area contributed by atoms with Crippen LogP contribution in [0.15, 0.2) is 18.2 Å². The maximum atomic E-state index is 8.81. The first kappa shape index (κ1) is 9.52. The Morgan fingerprint density at radius 1 is 1.50 bits per heavy atom. The fourth-order valence-corrected chi connectivity index (χ4v) is 1.29. The van der Waals surface area contributed by atoms with Crippen molar-refractivity contribution in [3.63, 3.8) is 0 Å². The first-order valence-corrected chi connectivity index (χ1v) is 4.18. The summed E-state index contributed by atoms with van der Waals surface area (Å²) in [6.07, 6.45) is 0. The van der Waals surface area contributed by atoms with E-state index in [1.54, 1.807) is 6.07 Å². The summed E-state index contributed by atoms with van der Waals surface area (Å²) in [7, 11) is 1.87. The lowest BCUT2D eigenvalue weighted by molar-refractivity contribution is 0.282. The van der Waals surface area contributed by atoms with Gasteiger partial charge in [-0.1, -0.05) is 23.7 Å². The fourth-order valence-electron chi connectivity index (χ4n) is 1.02. The molecule has 66 valence electrons. The highest BCUT2D eigenvalue weighted by Gasteiger charge is 1.99. The number of hydrogen-bond donors (Lipinski definition) is 2. The van der Waals surface area contributed by atoms with E-state index in [-0.39, 0.29) is 6.61 Å². The van der Waals surface area contributed by atoms with Crippen LogP contribution >= 0.6 is 11.6 Å². The number of aliphatic hydroxyl groups is 1. The Morgan fingerprint density at radius 3 is 2.75 bits per heavy atom. The molecule has 1 aromatic carbocycles. The summed E-state index contributed by atoms with van der Waals surface area (Å²) in [5, 5.41) is 12.5. The quantitative estimate of drug-likeness (QED) is 0.749. The van der Waals surface area contributed by atoms with Gasteiger partial charge in [0, 0.05) is 11.6 Å². The summed E-state index contributed by atoms with van der Waals surface area (Å²) in [6, 6.07) is 5.58. The Hall–Kier alpha value is -0.570. The molecule has 1 aromatic rings. The third-order valence-corrected chi connectivity index (χ3v) is 2.02. The molecule has 0 fully saturated rings. The van der Waals surface area contributed by atoms with E-state index in [9.17, 15) is 0 Å². The first-order chi connectivity index (χ1) is 5.77.